The molecule has 3 aromatic rings. The fourth-order valence-electron chi connectivity index (χ4n) is 6.79. The number of likely N-dealkylation sites (tertiary alicyclic amines) is 1. The summed E-state index contributed by atoms with van der Waals surface area (Å²) in [4.78, 5) is 36.4. The van der Waals surface area contributed by atoms with E-state index in [1.165, 1.54) is 10.7 Å². The minimum atomic E-state index is -1.94. The standard InChI is InChI=1S/C36H50ClN7O5S/c1-33(2,3)49-32(46)43-21-23(20-34(43,4)5)12-11-18-38-26-13-10-14-29(39-26)50(47)42-31(45)24-15-16-27(40-30(24)37)44-19-17-28(41-44)48-22-25-35(6,7)36(25,8)9/h10,13-17,19,23,25H,11-12,18,20-22H2,1-9H3,(H,38,39)(H,42,45)/t23-,50?/m0/s1. The van der Waals surface area contributed by atoms with Crippen LogP contribution in [0.2, 0.25) is 5.15 Å². The molecule has 12 nitrogen and oxygen atoms in total. The topological polar surface area (TPSA) is 147 Å². The molecule has 1 saturated carbocycles. The van der Waals surface area contributed by atoms with Gasteiger partial charge in [-0.1, -0.05) is 45.4 Å². The molecule has 1 aliphatic carbocycles. The van der Waals surface area contributed by atoms with Crippen molar-refractivity contribution in [1.82, 2.24) is 29.4 Å². The van der Waals surface area contributed by atoms with Crippen molar-refractivity contribution in [2.75, 3.05) is 25.0 Å². The maximum Gasteiger partial charge on any atom is 0.410 e. The van der Waals surface area contributed by atoms with E-state index in [0.717, 1.165) is 19.3 Å². The normalized spacial score (nSPS) is 19.9. The highest BCUT2D eigenvalue weighted by Crippen LogP contribution is 2.68. The number of nitrogens with one attached hydrogen (secondary N) is 2. The Balaban J connectivity index is 1.09. The van der Waals surface area contributed by atoms with Gasteiger partial charge >= 0.3 is 6.09 Å². The molecule has 2 fully saturated rings. The van der Waals surface area contributed by atoms with Gasteiger partial charge in [0.25, 0.3) is 10.9 Å². The summed E-state index contributed by atoms with van der Waals surface area (Å²) in [6, 6.07) is 9.97. The molecule has 3 aromatic heterocycles. The number of anilines is 1. The van der Waals surface area contributed by atoms with E-state index in [1.54, 1.807) is 36.5 Å². The number of amides is 2. The lowest BCUT2D eigenvalue weighted by Gasteiger charge is -2.33. The fraction of sp³-hybridized carbons (Fsp3) is 0.583. The van der Waals surface area contributed by atoms with Crippen molar-refractivity contribution in [2.24, 2.45) is 22.7 Å². The van der Waals surface area contributed by atoms with Gasteiger partial charge < -0.3 is 24.2 Å². The highest BCUT2D eigenvalue weighted by molar-refractivity contribution is 7.90. The number of carbonyl (C=O) groups excluding carboxylic acids is 2. The highest BCUT2D eigenvalue weighted by Gasteiger charge is 2.64. The molecule has 2 amide bonds. The summed E-state index contributed by atoms with van der Waals surface area (Å²) in [6.45, 7) is 20.6. The first kappa shape index (κ1) is 37.7. The minimum absolute atomic E-state index is 0.0558. The summed E-state index contributed by atoms with van der Waals surface area (Å²) in [7, 11) is 0. The fourth-order valence-corrected chi connectivity index (χ4v) is 7.79. The lowest BCUT2D eigenvalue weighted by molar-refractivity contribution is 0.0130. The first-order chi connectivity index (χ1) is 23.3. The van der Waals surface area contributed by atoms with Crippen molar-refractivity contribution in [3.63, 3.8) is 0 Å². The van der Waals surface area contributed by atoms with Gasteiger partial charge in [-0.15, -0.1) is 5.10 Å². The quantitative estimate of drug-likeness (QED) is 0.114. The number of hydrogen-bond acceptors (Lipinski definition) is 9. The molecule has 50 heavy (non-hydrogen) atoms. The smallest absolute Gasteiger partial charge is 0.410 e. The van der Waals surface area contributed by atoms with Crippen LogP contribution in [0.3, 0.4) is 0 Å². The van der Waals surface area contributed by atoms with Gasteiger partial charge in [-0.3, -0.25) is 4.79 Å². The molecule has 1 unspecified atom stereocenters. The van der Waals surface area contributed by atoms with E-state index in [9.17, 15) is 14.1 Å². The predicted octanol–water partition coefficient (Wildman–Crippen LogP) is 7.06. The Morgan fingerprint density at radius 1 is 1.06 bits per heavy atom. The monoisotopic (exact) mass is 727 g/mol. The van der Waals surface area contributed by atoms with Gasteiger partial charge in [0.15, 0.2) is 5.82 Å². The number of aromatic nitrogens is 4. The van der Waals surface area contributed by atoms with Crippen molar-refractivity contribution in [1.29, 1.82) is 0 Å². The Morgan fingerprint density at radius 2 is 1.78 bits per heavy atom. The largest absolute Gasteiger partial charge is 0.587 e. The number of rotatable bonds is 12. The highest BCUT2D eigenvalue weighted by atomic mass is 35.5. The van der Waals surface area contributed by atoms with Crippen LogP contribution in [-0.2, 0) is 16.1 Å². The zero-order chi connectivity index (χ0) is 36.6. The van der Waals surface area contributed by atoms with Crippen LogP contribution >= 0.6 is 11.6 Å². The number of hydrogen-bond donors (Lipinski definition) is 2. The molecule has 5 rings (SSSR count). The van der Waals surface area contributed by atoms with Gasteiger partial charge in [-0.05, 0) is 88.8 Å². The second-order valence-electron chi connectivity index (χ2n) is 16.0. The summed E-state index contributed by atoms with van der Waals surface area (Å²) in [5, 5.41) is 7.87. The van der Waals surface area contributed by atoms with Crippen LogP contribution in [0.25, 0.3) is 5.82 Å². The zero-order valence-electron chi connectivity index (χ0n) is 30.5. The third kappa shape index (κ3) is 8.48. The number of carbonyl (C=O) groups is 2. The molecule has 0 aromatic carbocycles. The van der Waals surface area contributed by atoms with Crippen molar-refractivity contribution < 1.29 is 23.6 Å². The first-order valence-corrected chi connectivity index (χ1v) is 18.6. The summed E-state index contributed by atoms with van der Waals surface area (Å²) >= 11 is 4.46. The first-order valence-electron chi connectivity index (χ1n) is 17.1. The van der Waals surface area contributed by atoms with Crippen LogP contribution in [0.4, 0.5) is 10.6 Å². The average molecular weight is 728 g/mol. The Kier molecular flexibility index (Phi) is 10.7. The molecule has 272 valence electrons. The third-order valence-electron chi connectivity index (χ3n) is 10.4. The second-order valence-corrected chi connectivity index (χ2v) is 17.5. The molecule has 0 spiro atoms. The maximum atomic E-state index is 13.1. The van der Waals surface area contributed by atoms with Crippen LogP contribution in [0.1, 0.15) is 91.9 Å². The lowest BCUT2D eigenvalue weighted by Crippen LogP contribution is -2.45. The molecular formula is C36H50ClN7O5S. The molecule has 0 bridgehead atoms. The van der Waals surface area contributed by atoms with Crippen LogP contribution < -0.4 is 14.8 Å². The summed E-state index contributed by atoms with van der Waals surface area (Å²) < 4.78 is 28.6. The van der Waals surface area contributed by atoms with E-state index in [1.807, 2.05) is 25.7 Å². The van der Waals surface area contributed by atoms with Crippen LogP contribution in [0.5, 0.6) is 5.88 Å². The van der Waals surface area contributed by atoms with E-state index in [4.69, 9.17) is 21.1 Å². The van der Waals surface area contributed by atoms with E-state index in [2.05, 4.69) is 66.6 Å². The molecule has 4 heterocycles. The Hall–Kier alpha value is -3.55. The third-order valence-corrected chi connectivity index (χ3v) is 11.6. The molecule has 2 N–H and O–H groups in total. The predicted molar refractivity (Wildman–Crippen MR) is 194 cm³/mol. The Bertz CT molecular complexity index is 1690. The zero-order valence-corrected chi connectivity index (χ0v) is 32.1. The Morgan fingerprint density at radius 3 is 2.44 bits per heavy atom. The molecule has 1 saturated heterocycles. The molecule has 2 aliphatic rings. The number of nitrogens with zero attached hydrogens (tertiary/aromatic N) is 5. The maximum absolute atomic E-state index is 13.1. The van der Waals surface area contributed by atoms with Gasteiger partial charge in [-0.25, -0.2) is 14.5 Å². The summed E-state index contributed by atoms with van der Waals surface area (Å²) in [6.07, 6.45) is 4.13. The molecule has 1 aliphatic heterocycles. The average Bonchev–Trinajstić information content (AvgIpc) is 3.41. The minimum Gasteiger partial charge on any atom is -0.587 e. The van der Waals surface area contributed by atoms with Crippen LogP contribution in [-0.4, -0.2) is 72.0 Å². The summed E-state index contributed by atoms with van der Waals surface area (Å²) in [5.41, 5.74) is -0.307. The van der Waals surface area contributed by atoms with Crippen molar-refractivity contribution in [2.45, 2.75) is 97.7 Å². The van der Waals surface area contributed by atoms with Crippen molar-refractivity contribution in [3.05, 3.63) is 53.3 Å². The molecule has 2 atom stereocenters. The SMILES string of the molecule is CC(C)(C)OC(=O)N1C[C@@H](CCCNc2cccc([S+]([O-])NC(=O)c3ccc(-n4ccc(OCC5C(C)(C)C5(C)C)n4)nc3Cl)n2)CC1(C)C. The van der Waals surface area contributed by atoms with Gasteiger partial charge in [-0.2, -0.15) is 9.71 Å². The number of pyridine rings is 2. The van der Waals surface area contributed by atoms with Gasteiger partial charge in [0.2, 0.25) is 5.88 Å². The second kappa shape index (κ2) is 14.2. The van der Waals surface area contributed by atoms with Crippen molar-refractivity contribution in [3.8, 4) is 11.7 Å². The molecular weight excluding hydrogens is 678 g/mol. The van der Waals surface area contributed by atoms with Gasteiger partial charge in [0.1, 0.15) is 27.9 Å². The lowest BCUT2D eigenvalue weighted by atomic mass is 9.93. The van der Waals surface area contributed by atoms with Crippen molar-refractivity contribution >= 4 is 40.8 Å². The van der Waals surface area contributed by atoms with E-state index in [-0.39, 0.29) is 38.2 Å². The van der Waals surface area contributed by atoms with Gasteiger partial charge in [0, 0.05) is 42.9 Å². The van der Waals surface area contributed by atoms with E-state index in [0.29, 0.717) is 49.0 Å². The molecule has 14 heteroatoms. The van der Waals surface area contributed by atoms with Crippen LogP contribution in [0, 0.1) is 22.7 Å². The number of halogens is 1. The van der Waals surface area contributed by atoms with E-state index >= 15 is 0 Å². The van der Waals surface area contributed by atoms with Crippen LogP contribution in [0.15, 0.2) is 47.6 Å². The summed E-state index contributed by atoms with van der Waals surface area (Å²) in [5.74, 6) is 1.58. The molecule has 0 radical (unpaired) electrons. The van der Waals surface area contributed by atoms with E-state index < -0.39 is 22.9 Å². The number of ether oxygens (including phenoxy) is 2. The Labute approximate surface area is 303 Å². The van der Waals surface area contributed by atoms with Gasteiger partial charge in [0.05, 0.1) is 12.2 Å².